The molecule has 0 bridgehead atoms. The molecule has 18 heavy (non-hydrogen) atoms. The number of hydrogen-bond donors (Lipinski definition) is 2. The Labute approximate surface area is 112 Å². The maximum atomic E-state index is 12.0. The molecule has 1 aliphatic heterocycles. The Balaban J connectivity index is 1.94. The highest BCUT2D eigenvalue weighted by atomic mass is 32.2. The first-order valence-electron chi connectivity index (χ1n) is 6.19. The maximum Gasteiger partial charge on any atom is 0.226 e. The molecule has 2 N–H and O–H groups in total. The Morgan fingerprint density at radius 2 is 2.39 bits per heavy atom. The maximum absolute atomic E-state index is 12.0. The van der Waals surface area contributed by atoms with Crippen molar-refractivity contribution in [3.63, 3.8) is 0 Å². The van der Waals surface area contributed by atoms with Gasteiger partial charge in [0.05, 0.1) is 17.1 Å². The van der Waals surface area contributed by atoms with E-state index in [1.807, 2.05) is 32.7 Å². The van der Waals surface area contributed by atoms with Crippen molar-refractivity contribution in [2.75, 3.05) is 23.4 Å². The van der Waals surface area contributed by atoms with Crippen molar-refractivity contribution in [3.05, 3.63) is 11.4 Å². The number of aromatic nitrogens is 2. The van der Waals surface area contributed by atoms with E-state index >= 15 is 0 Å². The van der Waals surface area contributed by atoms with E-state index in [1.54, 1.807) is 4.68 Å². The van der Waals surface area contributed by atoms with Crippen molar-refractivity contribution < 1.29 is 4.79 Å². The van der Waals surface area contributed by atoms with Crippen LogP contribution in [0.15, 0.2) is 0 Å². The van der Waals surface area contributed by atoms with Gasteiger partial charge in [0.15, 0.2) is 0 Å². The largest absolute Gasteiger partial charge is 0.323 e. The van der Waals surface area contributed by atoms with Crippen molar-refractivity contribution in [2.24, 2.45) is 7.05 Å². The van der Waals surface area contributed by atoms with Crippen molar-refractivity contribution in [1.82, 2.24) is 15.1 Å². The summed E-state index contributed by atoms with van der Waals surface area (Å²) in [5.41, 5.74) is 2.71. The van der Waals surface area contributed by atoms with E-state index in [9.17, 15) is 4.79 Å². The second-order valence-electron chi connectivity index (χ2n) is 4.65. The molecular weight excluding hydrogens is 248 g/mol. The number of rotatable bonds is 3. The predicted molar refractivity (Wildman–Crippen MR) is 75.0 cm³/mol. The first kappa shape index (κ1) is 13.4. The molecule has 2 rings (SSSR count). The summed E-state index contributed by atoms with van der Waals surface area (Å²) in [5.74, 6) is 2.21. The summed E-state index contributed by atoms with van der Waals surface area (Å²) in [4.78, 5) is 12.0. The molecule has 1 aromatic rings. The number of carbonyl (C=O) groups excluding carboxylic acids is 1. The Morgan fingerprint density at radius 3 is 2.94 bits per heavy atom. The first-order chi connectivity index (χ1) is 8.58. The van der Waals surface area contributed by atoms with Crippen LogP contribution in [-0.2, 0) is 11.8 Å². The summed E-state index contributed by atoms with van der Waals surface area (Å²) in [6.07, 6.45) is 0.529. The molecule has 1 fully saturated rings. The summed E-state index contributed by atoms with van der Waals surface area (Å²) in [5, 5.41) is 10.6. The SMILES string of the molecule is Cc1nn(C)c(C)c1NC(=O)CC1CSCCN1. The van der Waals surface area contributed by atoms with Crippen LogP contribution in [0.3, 0.4) is 0 Å². The Hall–Kier alpha value is -1.01. The van der Waals surface area contributed by atoms with E-state index in [4.69, 9.17) is 0 Å². The van der Waals surface area contributed by atoms with Gasteiger partial charge in [-0.1, -0.05) is 0 Å². The minimum atomic E-state index is 0.0641. The number of carbonyl (C=O) groups is 1. The van der Waals surface area contributed by atoms with E-state index in [2.05, 4.69) is 15.7 Å². The number of nitrogens with one attached hydrogen (secondary N) is 2. The zero-order chi connectivity index (χ0) is 13.1. The van der Waals surface area contributed by atoms with E-state index in [-0.39, 0.29) is 5.91 Å². The average molecular weight is 268 g/mol. The van der Waals surface area contributed by atoms with Crippen LogP contribution in [0.2, 0.25) is 0 Å². The number of anilines is 1. The van der Waals surface area contributed by atoms with Crippen molar-refractivity contribution >= 4 is 23.4 Å². The zero-order valence-electron chi connectivity index (χ0n) is 11.1. The molecule has 0 spiro atoms. The van der Waals surface area contributed by atoms with Crippen molar-refractivity contribution in [3.8, 4) is 0 Å². The summed E-state index contributed by atoms with van der Waals surface area (Å²) in [7, 11) is 1.89. The van der Waals surface area contributed by atoms with Crippen LogP contribution in [0.5, 0.6) is 0 Å². The van der Waals surface area contributed by atoms with Gasteiger partial charge in [-0.2, -0.15) is 16.9 Å². The molecule has 1 aromatic heterocycles. The highest BCUT2D eigenvalue weighted by Gasteiger charge is 2.18. The highest BCUT2D eigenvalue weighted by Crippen LogP contribution is 2.19. The lowest BCUT2D eigenvalue weighted by Crippen LogP contribution is -2.40. The van der Waals surface area contributed by atoms with Crippen LogP contribution in [-0.4, -0.2) is 39.8 Å². The molecule has 100 valence electrons. The van der Waals surface area contributed by atoms with Gasteiger partial charge in [0.1, 0.15) is 0 Å². The molecule has 0 radical (unpaired) electrons. The smallest absolute Gasteiger partial charge is 0.226 e. The molecule has 6 heteroatoms. The van der Waals surface area contributed by atoms with Gasteiger partial charge >= 0.3 is 0 Å². The number of thioether (sulfide) groups is 1. The van der Waals surface area contributed by atoms with Gasteiger partial charge in [0.25, 0.3) is 0 Å². The van der Waals surface area contributed by atoms with E-state index in [0.29, 0.717) is 12.5 Å². The second-order valence-corrected chi connectivity index (χ2v) is 5.80. The van der Waals surface area contributed by atoms with Gasteiger partial charge in [-0.15, -0.1) is 0 Å². The number of aryl methyl sites for hydroxylation is 2. The van der Waals surface area contributed by atoms with E-state index < -0.39 is 0 Å². The molecule has 0 aromatic carbocycles. The van der Waals surface area contributed by atoms with Crippen LogP contribution in [0.25, 0.3) is 0 Å². The fraction of sp³-hybridized carbons (Fsp3) is 0.667. The number of amides is 1. The first-order valence-corrected chi connectivity index (χ1v) is 7.34. The Kier molecular flexibility index (Phi) is 4.29. The van der Waals surface area contributed by atoms with Crippen LogP contribution < -0.4 is 10.6 Å². The predicted octanol–water partition coefficient (Wildman–Crippen LogP) is 1.07. The average Bonchev–Trinajstić information content (AvgIpc) is 2.57. The molecule has 1 aliphatic rings. The Bertz CT molecular complexity index is 438. The number of nitrogens with zero attached hydrogens (tertiary/aromatic N) is 2. The molecule has 5 nitrogen and oxygen atoms in total. The van der Waals surface area contributed by atoms with Gasteiger partial charge < -0.3 is 10.6 Å². The van der Waals surface area contributed by atoms with Crippen LogP contribution >= 0.6 is 11.8 Å². The van der Waals surface area contributed by atoms with Crippen molar-refractivity contribution in [2.45, 2.75) is 26.3 Å². The lowest BCUT2D eigenvalue weighted by molar-refractivity contribution is -0.116. The van der Waals surface area contributed by atoms with E-state index in [1.165, 1.54) is 0 Å². The fourth-order valence-electron chi connectivity index (χ4n) is 2.12. The molecule has 1 saturated heterocycles. The molecular formula is C12H20N4OS. The molecule has 1 unspecified atom stereocenters. The van der Waals surface area contributed by atoms with Crippen LogP contribution in [0.1, 0.15) is 17.8 Å². The molecule has 1 atom stereocenters. The minimum absolute atomic E-state index is 0.0641. The third-order valence-corrected chi connectivity index (χ3v) is 4.33. The molecule has 0 aliphatic carbocycles. The third-order valence-electron chi connectivity index (χ3n) is 3.20. The molecule has 1 amide bonds. The van der Waals surface area contributed by atoms with Gasteiger partial charge in [0, 0.05) is 37.6 Å². The lowest BCUT2D eigenvalue weighted by Gasteiger charge is -2.22. The minimum Gasteiger partial charge on any atom is -0.323 e. The van der Waals surface area contributed by atoms with Crippen LogP contribution in [0, 0.1) is 13.8 Å². The summed E-state index contributed by atoms with van der Waals surface area (Å²) < 4.78 is 1.79. The van der Waals surface area contributed by atoms with Gasteiger partial charge in [0.2, 0.25) is 5.91 Å². The van der Waals surface area contributed by atoms with Gasteiger partial charge in [-0.25, -0.2) is 0 Å². The van der Waals surface area contributed by atoms with Gasteiger partial charge in [-0.05, 0) is 13.8 Å². The van der Waals surface area contributed by atoms with Crippen molar-refractivity contribution in [1.29, 1.82) is 0 Å². The molecule has 0 saturated carbocycles. The van der Waals surface area contributed by atoms with Crippen LogP contribution in [0.4, 0.5) is 5.69 Å². The van der Waals surface area contributed by atoms with E-state index in [0.717, 1.165) is 35.1 Å². The summed E-state index contributed by atoms with van der Waals surface area (Å²) in [6.45, 7) is 4.87. The Morgan fingerprint density at radius 1 is 1.61 bits per heavy atom. The lowest BCUT2D eigenvalue weighted by atomic mass is 10.2. The third kappa shape index (κ3) is 3.05. The summed E-state index contributed by atoms with van der Waals surface area (Å²) >= 11 is 1.90. The fourth-order valence-corrected chi connectivity index (χ4v) is 3.07. The summed E-state index contributed by atoms with van der Waals surface area (Å²) in [6, 6.07) is 0.293. The quantitative estimate of drug-likeness (QED) is 0.861. The number of hydrogen-bond acceptors (Lipinski definition) is 4. The monoisotopic (exact) mass is 268 g/mol. The normalized spacial score (nSPS) is 19.8. The molecule has 2 heterocycles. The highest BCUT2D eigenvalue weighted by molar-refractivity contribution is 7.99. The van der Waals surface area contributed by atoms with Gasteiger partial charge in [-0.3, -0.25) is 9.48 Å². The topological polar surface area (TPSA) is 59.0 Å². The standard InChI is InChI=1S/C12H20N4OS/c1-8-12(9(2)16(3)15-8)14-11(17)6-10-7-18-5-4-13-10/h10,13H,4-7H2,1-3H3,(H,14,17). The second kappa shape index (κ2) is 5.75. The zero-order valence-corrected chi connectivity index (χ0v) is 11.9.